The second-order valence-electron chi connectivity index (χ2n) is 2.63. The average molecular weight is 119 g/mol. The average Bonchev–Trinajstić information content (AvgIpc) is 2.43. The van der Waals surface area contributed by atoms with Crippen molar-refractivity contribution in [3.8, 4) is 0 Å². The largest absolute Gasteiger partial charge is 0.352 e. The van der Waals surface area contributed by atoms with Gasteiger partial charge in [-0.1, -0.05) is 6.07 Å². The third-order valence-corrected chi connectivity index (χ3v) is 1.68. The van der Waals surface area contributed by atoms with Gasteiger partial charge in [0.05, 0.1) is 11.4 Å². The highest BCUT2D eigenvalue weighted by atomic mass is 15.0. The van der Waals surface area contributed by atoms with Gasteiger partial charge < -0.3 is 5.32 Å². The van der Waals surface area contributed by atoms with Gasteiger partial charge >= 0.3 is 0 Å². The van der Waals surface area contributed by atoms with E-state index in [1.807, 2.05) is 0 Å². The van der Waals surface area contributed by atoms with Crippen molar-refractivity contribution in [1.82, 2.24) is 0 Å². The standard InChI is InChI=1S/C8H9N/c1-5-3-6(2)8-7(4-5)9-8/h3-4,9H,1-2H3. The summed E-state index contributed by atoms with van der Waals surface area (Å²) in [6, 6.07) is 4.36. The Labute approximate surface area is 54.7 Å². The quantitative estimate of drug-likeness (QED) is 0.528. The van der Waals surface area contributed by atoms with Crippen molar-refractivity contribution in [2.45, 2.75) is 13.8 Å². The van der Waals surface area contributed by atoms with Crippen LogP contribution >= 0.6 is 0 Å². The van der Waals surface area contributed by atoms with Crippen LogP contribution in [-0.2, 0) is 0 Å². The van der Waals surface area contributed by atoms with Crippen molar-refractivity contribution in [2.24, 2.45) is 0 Å². The maximum Gasteiger partial charge on any atom is 0.0653 e. The molecule has 2 rings (SSSR count). The number of aryl methyl sites for hydroxylation is 2. The fraction of sp³-hybridized carbons (Fsp3) is 0.250. The van der Waals surface area contributed by atoms with Gasteiger partial charge in [-0.25, -0.2) is 0 Å². The molecule has 0 aromatic heterocycles. The van der Waals surface area contributed by atoms with E-state index in [4.69, 9.17) is 0 Å². The number of hydrogen-bond donors (Lipinski definition) is 1. The molecule has 0 bridgehead atoms. The van der Waals surface area contributed by atoms with Gasteiger partial charge in [-0.2, -0.15) is 0 Å². The minimum absolute atomic E-state index is 1.31. The van der Waals surface area contributed by atoms with Crippen molar-refractivity contribution in [3.05, 3.63) is 23.3 Å². The molecule has 1 aliphatic heterocycles. The van der Waals surface area contributed by atoms with Crippen LogP contribution < -0.4 is 5.32 Å². The van der Waals surface area contributed by atoms with E-state index in [9.17, 15) is 0 Å². The molecule has 1 aromatic rings. The topological polar surface area (TPSA) is 21.9 Å². The highest BCUT2D eigenvalue weighted by molar-refractivity contribution is 5.92. The molecule has 46 valence electrons. The molecule has 1 heterocycles. The molecule has 0 unspecified atom stereocenters. The van der Waals surface area contributed by atoms with Crippen LogP contribution in [0.1, 0.15) is 11.1 Å². The number of hydrogen-bond acceptors (Lipinski definition) is 1. The first-order valence-electron chi connectivity index (χ1n) is 3.15. The van der Waals surface area contributed by atoms with Crippen LogP contribution in [0.4, 0.5) is 11.4 Å². The van der Waals surface area contributed by atoms with E-state index < -0.39 is 0 Å². The third kappa shape index (κ3) is 0.611. The van der Waals surface area contributed by atoms with Gasteiger partial charge in [0.1, 0.15) is 0 Å². The molecule has 0 saturated carbocycles. The molecule has 0 atom stereocenters. The second-order valence-corrected chi connectivity index (χ2v) is 2.63. The number of benzene rings is 1. The molecule has 1 N–H and O–H groups in total. The molecule has 0 amide bonds. The predicted octanol–water partition coefficient (Wildman–Crippen LogP) is 2.36. The molecule has 0 aliphatic carbocycles. The normalized spacial score (nSPS) is 12.2. The maximum absolute atomic E-state index is 3.20. The molecule has 0 fully saturated rings. The maximum atomic E-state index is 3.20. The highest BCUT2D eigenvalue weighted by Gasteiger charge is 2.17. The first kappa shape index (κ1) is 4.86. The minimum Gasteiger partial charge on any atom is -0.352 e. The molecule has 1 aliphatic rings. The van der Waals surface area contributed by atoms with E-state index in [1.165, 1.54) is 22.5 Å². The molecule has 1 aromatic carbocycles. The summed E-state index contributed by atoms with van der Waals surface area (Å²) in [6.45, 7) is 4.25. The second kappa shape index (κ2) is 1.29. The van der Waals surface area contributed by atoms with Gasteiger partial charge in [0.25, 0.3) is 0 Å². The number of nitrogens with one attached hydrogen (secondary N) is 1. The molecule has 0 radical (unpaired) electrons. The van der Waals surface area contributed by atoms with E-state index >= 15 is 0 Å². The monoisotopic (exact) mass is 119 g/mol. The van der Waals surface area contributed by atoms with E-state index in [0.717, 1.165) is 0 Å². The fourth-order valence-electron chi connectivity index (χ4n) is 1.21. The Morgan fingerprint density at radius 3 is 2.67 bits per heavy atom. The Morgan fingerprint density at radius 1 is 1.22 bits per heavy atom. The summed E-state index contributed by atoms with van der Waals surface area (Å²) in [5, 5.41) is 3.20. The van der Waals surface area contributed by atoms with Gasteiger partial charge in [-0.3, -0.25) is 0 Å². The van der Waals surface area contributed by atoms with Crippen LogP contribution in [0.15, 0.2) is 12.1 Å². The van der Waals surface area contributed by atoms with Gasteiger partial charge in [0.15, 0.2) is 0 Å². The number of rotatable bonds is 0. The van der Waals surface area contributed by atoms with Gasteiger partial charge in [0.2, 0.25) is 0 Å². The molecule has 1 nitrogen and oxygen atoms in total. The summed E-state index contributed by atoms with van der Waals surface area (Å²) in [5.74, 6) is 0. The van der Waals surface area contributed by atoms with Crippen molar-refractivity contribution in [3.63, 3.8) is 0 Å². The molecular formula is C8H9N. The van der Waals surface area contributed by atoms with E-state index in [0.29, 0.717) is 0 Å². The van der Waals surface area contributed by atoms with Crippen LogP contribution in [0, 0.1) is 13.8 Å². The van der Waals surface area contributed by atoms with Crippen LogP contribution in [0.3, 0.4) is 0 Å². The zero-order valence-electron chi connectivity index (χ0n) is 5.65. The lowest BCUT2D eigenvalue weighted by molar-refractivity contribution is 1.44. The molecule has 1 heteroatoms. The van der Waals surface area contributed by atoms with E-state index in [2.05, 4.69) is 31.3 Å². The molecule has 9 heavy (non-hydrogen) atoms. The molecular weight excluding hydrogens is 110 g/mol. The molecule has 0 spiro atoms. The lowest BCUT2D eigenvalue weighted by atomic mass is 10.2. The summed E-state index contributed by atoms with van der Waals surface area (Å²) in [5.41, 5.74) is 5.36. The van der Waals surface area contributed by atoms with Crippen molar-refractivity contribution in [2.75, 3.05) is 5.32 Å². The lowest BCUT2D eigenvalue weighted by Gasteiger charge is -1.87. The summed E-state index contributed by atoms with van der Waals surface area (Å²) in [6.07, 6.45) is 0. The molecule has 0 saturated heterocycles. The van der Waals surface area contributed by atoms with Crippen molar-refractivity contribution < 1.29 is 0 Å². The lowest BCUT2D eigenvalue weighted by Crippen LogP contribution is -1.67. The Bertz CT molecular complexity index is 263. The first-order valence-corrected chi connectivity index (χ1v) is 3.15. The number of fused-ring (bicyclic) bond motifs is 1. The third-order valence-electron chi connectivity index (χ3n) is 1.68. The first-order chi connectivity index (χ1) is 4.27. The van der Waals surface area contributed by atoms with Crippen molar-refractivity contribution in [1.29, 1.82) is 0 Å². The Morgan fingerprint density at radius 2 is 2.00 bits per heavy atom. The van der Waals surface area contributed by atoms with Crippen LogP contribution in [-0.4, -0.2) is 0 Å². The van der Waals surface area contributed by atoms with Crippen LogP contribution in [0.25, 0.3) is 0 Å². The zero-order chi connectivity index (χ0) is 6.43. The van der Waals surface area contributed by atoms with Gasteiger partial charge in [-0.05, 0) is 31.0 Å². The Balaban J connectivity index is 2.67. The zero-order valence-corrected chi connectivity index (χ0v) is 5.65. The summed E-state index contributed by atoms with van der Waals surface area (Å²) < 4.78 is 0. The SMILES string of the molecule is Cc1cc(C)c2c(c1)N2. The van der Waals surface area contributed by atoms with Crippen LogP contribution in [0.2, 0.25) is 0 Å². The summed E-state index contributed by atoms with van der Waals surface area (Å²) >= 11 is 0. The smallest absolute Gasteiger partial charge is 0.0653 e. The predicted molar refractivity (Wildman–Crippen MR) is 39.2 cm³/mol. The van der Waals surface area contributed by atoms with E-state index in [-0.39, 0.29) is 0 Å². The van der Waals surface area contributed by atoms with E-state index in [1.54, 1.807) is 0 Å². The fourth-order valence-corrected chi connectivity index (χ4v) is 1.21. The summed E-state index contributed by atoms with van der Waals surface area (Å²) in [4.78, 5) is 0. The van der Waals surface area contributed by atoms with Gasteiger partial charge in [-0.15, -0.1) is 0 Å². The van der Waals surface area contributed by atoms with Crippen LogP contribution in [0.5, 0.6) is 0 Å². The van der Waals surface area contributed by atoms with Crippen molar-refractivity contribution >= 4 is 11.4 Å². The number of anilines is 2. The minimum atomic E-state index is 1.31. The van der Waals surface area contributed by atoms with Gasteiger partial charge in [0, 0.05) is 0 Å². The Hall–Kier alpha value is -0.980. The Kier molecular flexibility index (Phi) is 0.699. The summed E-state index contributed by atoms with van der Waals surface area (Å²) in [7, 11) is 0. The highest BCUT2D eigenvalue weighted by Crippen LogP contribution is 2.41.